The van der Waals surface area contributed by atoms with E-state index in [9.17, 15) is 4.79 Å². The lowest BCUT2D eigenvalue weighted by Gasteiger charge is -2.26. The highest BCUT2D eigenvalue weighted by Gasteiger charge is 2.23. The summed E-state index contributed by atoms with van der Waals surface area (Å²) in [6, 6.07) is 14.2. The Labute approximate surface area is 145 Å². The maximum Gasteiger partial charge on any atom is 0.226 e. The summed E-state index contributed by atoms with van der Waals surface area (Å²) in [6.07, 6.45) is 6.66. The molecule has 0 bridgehead atoms. The van der Waals surface area contributed by atoms with Crippen molar-refractivity contribution in [2.45, 2.75) is 52.5 Å². The van der Waals surface area contributed by atoms with E-state index in [1.54, 1.807) is 6.26 Å². The van der Waals surface area contributed by atoms with E-state index in [0.29, 0.717) is 6.54 Å². The molecule has 1 amide bonds. The van der Waals surface area contributed by atoms with Crippen molar-refractivity contribution in [2.75, 3.05) is 6.54 Å². The van der Waals surface area contributed by atoms with Crippen molar-refractivity contribution in [1.82, 2.24) is 4.90 Å². The SMILES string of the molecule is CCCC[C@@H](CC)C(=O)N(CCc1ccccc1)Cc1ccco1. The van der Waals surface area contributed by atoms with Crippen LogP contribution in [0.1, 0.15) is 50.9 Å². The van der Waals surface area contributed by atoms with Gasteiger partial charge in [-0.25, -0.2) is 0 Å². The number of carbonyl (C=O) groups is 1. The highest BCUT2D eigenvalue weighted by molar-refractivity contribution is 5.78. The van der Waals surface area contributed by atoms with Gasteiger partial charge in [0.15, 0.2) is 0 Å². The van der Waals surface area contributed by atoms with E-state index in [4.69, 9.17) is 4.42 Å². The van der Waals surface area contributed by atoms with E-state index in [1.807, 2.05) is 35.2 Å². The summed E-state index contributed by atoms with van der Waals surface area (Å²) in [5, 5.41) is 0. The Kier molecular flexibility index (Phi) is 7.60. The van der Waals surface area contributed by atoms with Crippen LogP contribution in [0.5, 0.6) is 0 Å². The molecule has 0 N–H and O–H groups in total. The first-order valence-corrected chi connectivity index (χ1v) is 9.09. The molecule has 0 aliphatic rings. The summed E-state index contributed by atoms with van der Waals surface area (Å²) in [5.74, 6) is 1.23. The number of hydrogen-bond donors (Lipinski definition) is 0. The third-order valence-corrected chi connectivity index (χ3v) is 4.50. The fourth-order valence-electron chi connectivity index (χ4n) is 2.98. The number of carbonyl (C=O) groups excluding carboxylic acids is 1. The highest BCUT2D eigenvalue weighted by atomic mass is 16.3. The summed E-state index contributed by atoms with van der Waals surface area (Å²) in [4.78, 5) is 15.0. The molecule has 1 heterocycles. The predicted octanol–water partition coefficient (Wildman–Crippen LogP) is 5.07. The van der Waals surface area contributed by atoms with Crippen molar-refractivity contribution < 1.29 is 9.21 Å². The molecule has 1 atom stereocenters. The summed E-state index contributed by atoms with van der Waals surface area (Å²) >= 11 is 0. The maximum absolute atomic E-state index is 13.0. The van der Waals surface area contributed by atoms with Gasteiger partial charge < -0.3 is 9.32 Å². The van der Waals surface area contributed by atoms with Crippen LogP contribution in [0.25, 0.3) is 0 Å². The Bertz CT molecular complexity index is 577. The van der Waals surface area contributed by atoms with Crippen LogP contribution in [0.15, 0.2) is 53.1 Å². The molecule has 0 aliphatic heterocycles. The second-order valence-corrected chi connectivity index (χ2v) is 6.32. The Hall–Kier alpha value is -2.03. The number of nitrogens with zero attached hydrogens (tertiary/aromatic N) is 1. The minimum Gasteiger partial charge on any atom is -0.467 e. The largest absolute Gasteiger partial charge is 0.467 e. The third-order valence-electron chi connectivity index (χ3n) is 4.50. The number of amides is 1. The molecule has 3 heteroatoms. The number of benzene rings is 1. The van der Waals surface area contributed by atoms with Gasteiger partial charge in [0.2, 0.25) is 5.91 Å². The van der Waals surface area contributed by atoms with Gasteiger partial charge >= 0.3 is 0 Å². The molecule has 2 rings (SSSR count). The minimum absolute atomic E-state index is 0.121. The van der Waals surface area contributed by atoms with Crippen LogP contribution in [0.3, 0.4) is 0 Å². The molecule has 130 valence electrons. The Balaban J connectivity index is 2.04. The Morgan fingerprint density at radius 2 is 1.92 bits per heavy atom. The average Bonchev–Trinajstić information content (AvgIpc) is 3.13. The highest BCUT2D eigenvalue weighted by Crippen LogP contribution is 2.18. The van der Waals surface area contributed by atoms with Crippen molar-refractivity contribution in [1.29, 1.82) is 0 Å². The smallest absolute Gasteiger partial charge is 0.226 e. The molecule has 1 aromatic heterocycles. The second kappa shape index (κ2) is 9.96. The molecule has 0 radical (unpaired) electrons. The first kappa shape index (κ1) is 18.3. The Morgan fingerprint density at radius 1 is 1.12 bits per heavy atom. The lowest BCUT2D eigenvalue weighted by molar-refractivity contribution is -0.136. The van der Waals surface area contributed by atoms with Crippen LogP contribution in [-0.2, 0) is 17.8 Å². The summed E-state index contributed by atoms with van der Waals surface area (Å²) in [5.41, 5.74) is 1.26. The Morgan fingerprint density at radius 3 is 2.54 bits per heavy atom. The number of unbranched alkanes of at least 4 members (excludes halogenated alkanes) is 1. The van der Waals surface area contributed by atoms with Crippen LogP contribution in [0.4, 0.5) is 0 Å². The lowest BCUT2D eigenvalue weighted by Crippen LogP contribution is -2.37. The summed E-state index contributed by atoms with van der Waals surface area (Å²) in [6.45, 7) is 5.57. The third kappa shape index (κ3) is 5.55. The minimum atomic E-state index is 0.121. The van der Waals surface area contributed by atoms with Gasteiger partial charge in [0.25, 0.3) is 0 Å². The van der Waals surface area contributed by atoms with Gasteiger partial charge in [-0.15, -0.1) is 0 Å². The molecule has 0 fully saturated rings. The van der Waals surface area contributed by atoms with E-state index in [0.717, 1.165) is 44.4 Å². The van der Waals surface area contributed by atoms with Gasteiger partial charge in [0.05, 0.1) is 12.8 Å². The van der Waals surface area contributed by atoms with E-state index < -0.39 is 0 Å². The van der Waals surface area contributed by atoms with Crippen molar-refractivity contribution in [2.24, 2.45) is 5.92 Å². The maximum atomic E-state index is 13.0. The zero-order valence-corrected chi connectivity index (χ0v) is 14.9. The zero-order chi connectivity index (χ0) is 17.2. The van der Waals surface area contributed by atoms with Crippen LogP contribution in [0.2, 0.25) is 0 Å². The molecule has 0 spiro atoms. The summed E-state index contributed by atoms with van der Waals surface area (Å²) < 4.78 is 5.47. The normalized spacial score (nSPS) is 12.1. The number of hydrogen-bond acceptors (Lipinski definition) is 2. The first-order chi connectivity index (χ1) is 11.7. The van der Waals surface area contributed by atoms with Crippen molar-refractivity contribution in [3.8, 4) is 0 Å². The van der Waals surface area contributed by atoms with Crippen LogP contribution < -0.4 is 0 Å². The topological polar surface area (TPSA) is 33.5 Å². The number of rotatable bonds is 10. The molecule has 24 heavy (non-hydrogen) atoms. The number of furan rings is 1. The predicted molar refractivity (Wildman–Crippen MR) is 97.6 cm³/mol. The molecule has 0 aliphatic carbocycles. The van der Waals surface area contributed by atoms with E-state index in [1.165, 1.54) is 5.56 Å². The van der Waals surface area contributed by atoms with Gasteiger partial charge in [-0.3, -0.25) is 4.79 Å². The zero-order valence-electron chi connectivity index (χ0n) is 14.9. The van der Waals surface area contributed by atoms with Gasteiger partial charge in [-0.2, -0.15) is 0 Å². The van der Waals surface area contributed by atoms with Gasteiger partial charge in [0, 0.05) is 12.5 Å². The van der Waals surface area contributed by atoms with Gasteiger partial charge in [-0.1, -0.05) is 57.0 Å². The average molecular weight is 327 g/mol. The van der Waals surface area contributed by atoms with E-state index in [2.05, 4.69) is 26.0 Å². The molecule has 0 saturated heterocycles. The fraction of sp³-hybridized carbons (Fsp3) is 0.476. The van der Waals surface area contributed by atoms with Crippen molar-refractivity contribution in [3.63, 3.8) is 0 Å². The lowest BCUT2D eigenvalue weighted by atomic mass is 9.97. The standard InChI is InChI=1S/C21H29NO2/c1-3-5-12-19(4-2)21(23)22(17-20-13-9-16-24-20)15-14-18-10-7-6-8-11-18/h6-11,13,16,19H,3-5,12,14-15,17H2,1-2H3/t19-/m1/s1. The van der Waals surface area contributed by atoms with Gasteiger partial charge in [0.1, 0.15) is 5.76 Å². The molecule has 0 unspecified atom stereocenters. The van der Waals surface area contributed by atoms with Crippen molar-refractivity contribution in [3.05, 3.63) is 60.1 Å². The van der Waals surface area contributed by atoms with Crippen LogP contribution in [0, 0.1) is 5.92 Å². The molecule has 0 saturated carbocycles. The van der Waals surface area contributed by atoms with E-state index in [-0.39, 0.29) is 11.8 Å². The van der Waals surface area contributed by atoms with Crippen LogP contribution >= 0.6 is 0 Å². The fourth-order valence-corrected chi connectivity index (χ4v) is 2.98. The molecule has 1 aromatic carbocycles. The molecule has 3 nitrogen and oxygen atoms in total. The second-order valence-electron chi connectivity index (χ2n) is 6.32. The summed E-state index contributed by atoms with van der Waals surface area (Å²) in [7, 11) is 0. The van der Waals surface area contributed by atoms with Crippen LogP contribution in [-0.4, -0.2) is 17.4 Å². The quantitative estimate of drug-likeness (QED) is 0.610. The van der Waals surface area contributed by atoms with Crippen molar-refractivity contribution >= 4 is 5.91 Å². The van der Waals surface area contributed by atoms with E-state index >= 15 is 0 Å². The monoisotopic (exact) mass is 327 g/mol. The first-order valence-electron chi connectivity index (χ1n) is 9.09. The van der Waals surface area contributed by atoms with Gasteiger partial charge in [-0.05, 0) is 37.0 Å². The molecule has 2 aromatic rings. The molecular formula is C21H29NO2. The molecular weight excluding hydrogens is 298 g/mol.